The molecule has 2 rings (SSSR count). The van der Waals surface area contributed by atoms with Crippen molar-refractivity contribution in [3.63, 3.8) is 0 Å². The molecule has 1 nitrogen and oxygen atoms in total. The second-order valence-corrected chi connectivity index (χ2v) is 5.33. The van der Waals surface area contributed by atoms with Gasteiger partial charge in [0, 0.05) is 22.2 Å². The Morgan fingerprint density at radius 3 is 2.44 bits per heavy atom. The minimum absolute atomic E-state index is 0.305. The Morgan fingerprint density at radius 2 is 1.83 bits per heavy atom. The van der Waals surface area contributed by atoms with E-state index in [1.165, 1.54) is 12.1 Å². The van der Waals surface area contributed by atoms with Crippen LogP contribution in [0.3, 0.4) is 0 Å². The molecular formula is C14H13ClFNS. The second-order valence-electron chi connectivity index (χ2n) is 3.87. The van der Waals surface area contributed by atoms with Gasteiger partial charge in [0.25, 0.3) is 0 Å². The highest BCUT2D eigenvalue weighted by molar-refractivity contribution is 7.98. The summed E-state index contributed by atoms with van der Waals surface area (Å²) in [6.45, 7) is 0.550. The Bertz CT molecular complexity index is 528. The van der Waals surface area contributed by atoms with Gasteiger partial charge in [-0.2, -0.15) is 0 Å². The first kappa shape index (κ1) is 13.4. The van der Waals surface area contributed by atoms with Crippen molar-refractivity contribution in [3.8, 4) is 0 Å². The molecule has 4 heteroatoms. The lowest BCUT2D eigenvalue weighted by molar-refractivity contribution is 0.627. The highest BCUT2D eigenvalue weighted by atomic mass is 35.5. The smallest absolute Gasteiger partial charge is 0.124 e. The summed E-state index contributed by atoms with van der Waals surface area (Å²) in [5, 5.41) is 0.473. The first-order valence-corrected chi connectivity index (χ1v) is 6.91. The normalized spacial score (nSPS) is 10.6. The first-order chi connectivity index (χ1) is 8.69. The summed E-state index contributed by atoms with van der Waals surface area (Å²) in [6.07, 6.45) is 0. The standard InChI is InChI=1S/C14H13ClFNS/c15-14-7-12(16)4-3-11(14)9-18-13-5-1-10(8-17)2-6-13/h1-7H,8-9,17H2. The zero-order valence-corrected chi connectivity index (χ0v) is 11.3. The van der Waals surface area contributed by atoms with E-state index in [0.29, 0.717) is 11.6 Å². The summed E-state index contributed by atoms with van der Waals surface area (Å²) >= 11 is 7.64. The Labute approximate surface area is 115 Å². The predicted octanol–water partition coefficient (Wildman–Crippen LogP) is 4.23. The van der Waals surface area contributed by atoms with Gasteiger partial charge in [-0.15, -0.1) is 11.8 Å². The number of hydrogen-bond acceptors (Lipinski definition) is 2. The summed E-state index contributed by atoms with van der Waals surface area (Å²) in [6, 6.07) is 12.6. The van der Waals surface area contributed by atoms with Gasteiger partial charge in [0.1, 0.15) is 5.82 Å². The summed E-state index contributed by atoms with van der Waals surface area (Å²) in [4.78, 5) is 1.15. The average Bonchev–Trinajstić information content (AvgIpc) is 2.38. The Hall–Kier alpha value is -1.03. The maximum atomic E-state index is 12.9. The fourth-order valence-corrected chi connectivity index (χ4v) is 2.74. The van der Waals surface area contributed by atoms with Crippen molar-refractivity contribution in [2.45, 2.75) is 17.2 Å². The molecule has 0 aromatic heterocycles. The van der Waals surface area contributed by atoms with Crippen LogP contribution in [0, 0.1) is 5.82 Å². The fraction of sp³-hybridized carbons (Fsp3) is 0.143. The van der Waals surface area contributed by atoms with Crippen LogP contribution in [0.2, 0.25) is 5.02 Å². The van der Waals surface area contributed by atoms with Crippen LogP contribution >= 0.6 is 23.4 Å². The molecule has 2 aromatic carbocycles. The van der Waals surface area contributed by atoms with Gasteiger partial charge in [0.05, 0.1) is 0 Å². The third kappa shape index (κ3) is 3.48. The van der Waals surface area contributed by atoms with E-state index in [9.17, 15) is 4.39 Å². The molecule has 2 N–H and O–H groups in total. The molecular weight excluding hydrogens is 269 g/mol. The molecule has 0 saturated heterocycles. The number of rotatable bonds is 4. The molecule has 0 aliphatic rings. The van der Waals surface area contributed by atoms with Gasteiger partial charge < -0.3 is 5.73 Å². The Kier molecular flexibility index (Phi) is 4.64. The summed E-state index contributed by atoms with van der Waals surface area (Å²) < 4.78 is 12.9. The minimum atomic E-state index is -0.305. The molecule has 2 aromatic rings. The van der Waals surface area contributed by atoms with Crippen LogP contribution < -0.4 is 5.73 Å². The maximum Gasteiger partial charge on any atom is 0.124 e. The summed E-state index contributed by atoms with van der Waals surface area (Å²) in [7, 11) is 0. The van der Waals surface area contributed by atoms with Gasteiger partial charge in [-0.25, -0.2) is 4.39 Å². The van der Waals surface area contributed by atoms with Crippen LogP contribution in [0.5, 0.6) is 0 Å². The van der Waals surface area contributed by atoms with E-state index in [2.05, 4.69) is 0 Å². The number of nitrogens with two attached hydrogens (primary N) is 1. The molecule has 0 aliphatic heterocycles. The van der Waals surface area contributed by atoms with Crippen molar-refractivity contribution in [2.75, 3.05) is 0 Å². The molecule has 0 heterocycles. The lowest BCUT2D eigenvalue weighted by atomic mass is 10.2. The Morgan fingerprint density at radius 1 is 1.11 bits per heavy atom. The van der Waals surface area contributed by atoms with E-state index in [1.54, 1.807) is 17.8 Å². The topological polar surface area (TPSA) is 26.0 Å². The van der Waals surface area contributed by atoms with E-state index < -0.39 is 0 Å². The van der Waals surface area contributed by atoms with E-state index in [1.807, 2.05) is 24.3 Å². The van der Waals surface area contributed by atoms with Crippen LogP contribution in [-0.4, -0.2) is 0 Å². The van der Waals surface area contributed by atoms with Crippen molar-refractivity contribution < 1.29 is 4.39 Å². The zero-order valence-electron chi connectivity index (χ0n) is 9.70. The van der Waals surface area contributed by atoms with Gasteiger partial charge in [-0.05, 0) is 35.4 Å². The Balaban J connectivity index is 2.02. The maximum absolute atomic E-state index is 12.9. The number of benzene rings is 2. The molecule has 0 saturated carbocycles. The third-order valence-electron chi connectivity index (χ3n) is 2.57. The summed E-state index contributed by atoms with van der Waals surface area (Å²) in [5.74, 6) is 0.419. The van der Waals surface area contributed by atoms with E-state index in [-0.39, 0.29) is 5.82 Å². The molecule has 0 bridgehead atoms. The predicted molar refractivity (Wildman–Crippen MR) is 75.3 cm³/mol. The average molecular weight is 282 g/mol. The van der Waals surface area contributed by atoms with Crippen molar-refractivity contribution >= 4 is 23.4 Å². The van der Waals surface area contributed by atoms with Crippen LogP contribution in [0.15, 0.2) is 47.4 Å². The first-order valence-electron chi connectivity index (χ1n) is 5.55. The molecule has 94 valence electrons. The van der Waals surface area contributed by atoms with Gasteiger partial charge >= 0.3 is 0 Å². The van der Waals surface area contributed by atoms with Gasteiger partial charge in [-0.1, -0.05) is 29.8 Å². The molecule has 18 heavy (non-hydrogen) atoms. The molecule has 0 spiro atoms. The van der Waals surface area contributed by atoms with Crippen molar-refractivity contribution in [3.05, 3.63) is 64.4 Å². The highest BCUT2D eigenvalue weighted by Gasteiger charge is 2.03. The lowest BCUT2D eigenvalue weighted by Crippen LogP contribution is -1.95. The summed E-state index contributed by atoms with van der Waals surface area (Å²) in [5.41, 5.74) is 7.59. The van der Waals surface area contributed by atoms with Gasteiger partial charge in [0.2, 0.25) is 0 Å². The van der Waals surface area contributed by atoms with Crippen molar-refractivity contribution in [1.29, 1.82) is 0 Å². The molecule has 0 amide bonds. The largest absolute Gasteiger partial charge is 0.326 e. The number of hydrogen-bond donors (Lipinski definition) is 1. The van der Waals surface area contributed by atoms with E-state index in [0.717, 1.165) is 21.8 Å². The second kappa shape index (κ2) is 6.23. The zero-order chi connectivity index (χ0) is 13.0. The molecule has 0 radical (unpaired) electrons. The molecule has 0 unspecified atom stereocenters. The van der Waals surface area contributed by atoms with Gasteiger partial charge in [-0.3, -0.25) is 0 Å². The number of halogens is 2. The quantitative estimate of drug-likeness (QED) is 0.849. The highest BCUT2D eigenvalue weighted by Crippen LogP contribution is 2.27. The molecule has 0 fully saturated rings. The van der Waals surface area contributed by atoms with Crippen LogP contribution in [0.4, 0.5) is 4.39 Å². The van der Waals surface area contributed by atoms with Crippen LogP contribution in [0.25, 0.3) is 0 Å². The molecule has 0 aliphatic carbocycles. The van der Waals surface area contributed by atoms with E-state index >= 15 is 0 Å². The number of thioether (sulfide) groups is 1. The monoisotopic (exact) mass is 281 g/mol. The minimum Gasteiger partial charge on any atom is -0.326 e. The lowest BCUT2D eigenvalue weighted by Gasteiger charge is -2.05. The SMILES string of the molecule is NCc1ccc(SCc2ccc(F)cc2Cl)cc1. The van der Waals surface area contributed by atoms with E-state index in [4.69, 9.17) is 17.3 Å². The molecule has 0 atom stereocenters. The van der Waals surface area contributed by atoms with Crippen molar-refractivity contribution in [1.82, 2.24) is 0 Å². The van der Waals surface area contributed by atoms with Crippen LogP contribution in [0.1, 0.15) is 11.1 Å². The van der Waals surface area contributed by atoms with Gasteiger partial charge in [0.15, 0.2) is 0 Å². The third-order valence-corrected chi connectivity index (χ3v) is 3.98. The fourth-order valence-electron chi connectivity index (χ4n) is 1.52. The van der Waals surface area contributed by atoms with Crippen molar-refractivity contribution in [2.24, 2.45) is 5.73 Å². The van der Waals surface area contributed by atoms with Crippen LogP contribution in [-0.2, 0) is 12.3 Å².